The normalized spacial score (nSPS) is 20.2. The Morgan fingerprint density at radius 3 is 2.59 bits per heavy atom. The van der Waals surface area contributed by atoms with Crippen molar-refractivity contribution in [2.45, 2.75) is 38.3 Å². The van der Waals surface area contributed by atoms with E-state index in [1.54, 1.807) is 0 Å². The van der Waals surface area contributed by atoms with E-state index >= 15 is 0 Å². The van der Waals surface area contributed by atoms with Crippen molar-refractivity contribution in [3.05, 3.63) is 30.3 Å². The summed E-state index contributed by atoms with van der Waals surface area (Å²) in [4.78, 5) is 22.6. The topological polar surface area (TPSA) is 79.5 Å². The highest BCUT2D eigenvalue weighted by atomic mass is 16.5. The van der Waals surface area contributed by atoms with Crippen molar-refractivity contribution in [3.63, 3.8) is 0 Å². The van der Waals surface area contributed by atoms with Crippen molar-refractivity contribution in [2.75, 3.05) is 13.1 Å². The molecule has 0 aromatic heterocycles. The molecular weight excluding hydrogens is 282 g/mol. The Kier molecular flexibility index (Phi) is 6.06. The smallest absolute Gasteiger partial charge is 0.315 e. The molecular formula is C16H23N3O3. The largest absolute Gasteiger partial charge is 0.488 e. The average molecular weight is 305 g/mol. The predicted octanol–water partition coefficient (Wildman–Crippen LogP) is 1.42. The van der Waals surface area contributed by atoms with E-state index in [1.165, 1.54) is 6.92 Å². The number of urea groups is 1. The number of rotatable bonds is 6. The molecule has 120 valence electrons. The third-order valence-corrected chi connectivity index (χ3v) is 3.58. The number of para-hydroxylation sites is 1. The molecule has 0 heterocycles. The fourth-order valence-corrected chi connectivity index (χ4v) is 2.54. The first-order valence-electron chi connectivity index (χ1n) is 7.65. The summed E-state index contributed by atoms with van der Waals surface area (Å²) in [5, 5.41) is 8.31. The van der Waals surface area contributed by atoms with Crippen molar-refractivity contribution in [2.24, 2.45) is 0 Å². The lowest BCUT2D eigenvalue weighted by molar-refractivity contribution is -0.118. The molecule has 2 atom stereocenters. The van der Waals surface area contributed by atoms with Crippen molar-refractivity contribution in [1.82, 2.24) is 16.0 Å². The molecule has 1 fully saturated rings. The van der Waals surface area contributed by atoms with Crippen LogP contribution in [0.5, 0.6) is 5.75 Å². The highest BCUT2D eigenvalue weighted by Crippen LogP contribution is 2.24. The molecule has 1 aliphatic rings. The maximum absolute atomic E-state index is 11.9. The second kappa shape index (κ2) is 8.26. The SMILES string of the molecule is CC(=O)NCCNC(=O)N[C@H]1CCC[C@H]1Oc1ccccc1. The summed E-state index contributed by atoms with van der Waals surface area (Å²) in [7, 11) is 0. The van der Waals surface area contributed by atoms with Crippen LogP contribution in [-0.4, -0.2) is 37.2 Å². The fourth-order valence-electron chi connectivity index (χ4n) is 2.54. The van der Waals surface area contributed by atoms with Gasteiger partial charge in [0.1, 0.15) is 11.9 Å². The zero-order chi connectivity index (χ0) is 15.8. The monoisotopic (exact) mass is 305 g/mol. The number of ether oxygens (including phenoxy) is 1. The molecule has 6 nitrogen and oxygen atoms in total. The van der Waals surface area contributed by atoms with Gasteiger partial charge in [-0.1, -0.05) is 18.2 Å². The van der Waals surface area contributed by atoms with Gasteiger partial charge in [-0.15, -0.1) is 0 Å². The van der Waals surface area contributed by atoms with E-state index in [-0.39, 0.29) is 24.1 Å². The van der Waals surface area contributed by atoms with Gasteiger partial charge in [0.25, 0.3) is 0 Å². The molecule has 2 rings (SSSR count). The van der Waals surface area contributed by atoms with E-state index < -0.39 is 0 Å². The molecule has 22 heavy (non-hydrogen) atoms. The summed E-state index contributed by atoms with van der Waals surface area (Å²) in [5.41, 5.74) is 0. The molecule has 1 saturated carbocycles. The molecule has 0 bridgehead atoms. The number of amides is 3. The molecule has 1 aromatic carbocycles. The Labute approximate surface area is 130 Å². The van der Waals surface area contributed by atoms with E-state index in [1.807, 2.05) is 30.3 Å². The van der Waals surface area contributed by atoms with Gasteiger partial charge >= 0.3 is 6.03 Å². The van der Waals surface area contributed by atoms with E-state index in [0.29, 0.717) is 13.1 Å². The van der Waals surface area contributed by atoms with Crippen molar-refractivity contribution in [1.29, 1.82) is 0 Å². The lowest BCUT2D eigenvalue weighted by atomic mass is 10.2. The zero-order valence-corrected chi connectivity index (χ0v) is 12.8. The van der Waals surface area contributed by atoms with Gasteiger partial charge in [-0.05, 0) is 31.4 Å². The first-order valence-corrected chi connectivity index (χ1v) is 7.65. The van der Waals surface area contributed by atoms with Crippen LogP contribution < -0.4 is 20.7 Å². The Morgan fingerprint density at radius 1 is 1.14 bits per heavy atom. The quantitative estimate of drug-likeness (QED) is 0.696. The molecule has 6 heteroatoms. The summed E-state index contributed by atoms with van der Waals surface area (Å²) < 4.78 is 5.95. The molecule has 1 aliphatic carbocycles. The van der Waals surface area contributed by atoms with Gasteiger partial charge in [0.2, 0.25) is 5.91 Å². The van der Waals surface area contributed by atoms with Crippen molar-refractivity contribution in [3.8, 4) is 5.75 Å². The number of nitrogens with one attached hydrogen (secondary N) is 3. The highest BCUT2D eigenvalue weighted by molar-refractivity contribution is 5.75. The number of hydrogen-bond donors (Lipinski definition) is 3. The minimum atomic E-state index is -0.223. The molecule has 0 saturated heterocycles. The Morgan fingerprint density at radius 2 is 1.86 bits per heavy atom. The van der Waals surface area contributed by atoms with Crippen LogP contribution in [0.4, 0.5) is 4.79 Å². The van der Waals surface area contributed by atoms with Crippen LogP contribution in [0, 0.1) is 0 Å². The zero-order valence-electron chi connectivity index (χ0n) is 12.8. The van der Waals surface area contributed by atoms with Crippen LogP contribution >= 0.6 is 0 Å². The fraction of sp³-hybridized carbons (Fsp3) is 0.500. The van der Waals surface area contributed by atoms with Gasteiger partial charge in [0.15, 0.2) is 0 Å². The van der Waals surface area contributed by atoms with E-state index in [2.05, 4.69) is 16.0 Å². The summed E-state index contributed by atoms with van der Waals surface area (Å²) in [5.74, 6) is 0.724. The summed E-state index contributed by atoms with van der Waals surface area (Å²) in [6, 6.07) is 9.44. The molecule has 0 unspecified atom stereocenters. The van der Waals surface area contributed by atoms with Crippen LogP contribution in [0.25, 0.3) is 0 Å². The second-order valence-electron chi connectivity index (χ2n) is 5.39. The second-order valence-corrected chi connectivity index (χ2v) is 5.39. The first kappa shape index (κ1) is 16.1. The lowest BCUT2D eigenvalue weighted by Gasteiger charge is -2.22. The molecule has 1 aromatic rings. The molecule has 0 aliphatic heterocycles. The Hall–Kier alpha value is -2.24. The number of carbonyl (C=O) groups excluding carboxylic acids is 2. The number of hydrogen-bond acceptors (Lipinski definition) is 3. The van der Waals surface area contributed by atoms with Gasteiger partial charge in [0.05, 0.1) is 6.04 Å². The van der Waals surface area contributed by atoms with Gasteiger partial charge < -0.3 is 20.7 Å². The van der Waals surface area contributed by atoms with Crippen molar-refractivity contribution < 1.29 is 14.3 Å². The van der Waals surface area contributed by atoms with E-state index in [9.17, 15) is 9.59 Å². The van der Waals surface area contributed by atoms with Crippen LogP contribution in [-0.2, 0) is 4.79 Å². The molecule has 0 radical (unpaired) electrons. The summed E-state index contributed by atoms with van der Waals surface area (Å²) >= 11 is 0. The van der Waals surface area contributed by atoms with Gasteiger partial charge in [-0.2, -0.15) is 0 Å². The highest BCUT2D eigenvalue weighted by Gasteiger charge is 2.30. The molecule has 0 spiro atoms. The van der Waals surface area contributed by atoms with Gasteiger partial charge in [-0.25, -0.2) is 4.79 Å². The van der Waals surface area contributed by atoms with Gasteiger partial charge in [-0.3, -0.25) is 4.79 Å². The summed E-state index contributed by atoms with van der Waals surface area (Å²) in [6.45, 7) is 2.28. The van der Waals surface area contributed by atoms with Crippen LogP contribution in [0.1, 0.15) is 26.2 Å². The number of carbonyl (C=O) groups is 2. The minimum Gasteiger partial charge on any atom is -0.488 e. The maximum Gasteiger partial charge on any atom is 0.315 e. The average Bonchev–Trinajstić information content (AvgIpc) is 2.91. The minimum absolute atomic E-state index is 0.00324. The lowest BCUT2D eigenvalue weighted by Crippen LogP contribution is -2.48. The third-order valence-electron chi connectivity index (χ3n) is 3.58. The van der Waals surface area contributed by atoms with Crippen molar-refractivity contribution >= 4 is 11.9 Å². The number of benzene rings is 1. The van der Waals surface area contributed by atoms with E-state index in [4.69, 9.17) is 4.74 Å². The van der Waals surface area contributed by atoms with Crippen LogP contribution in [0.3, 0.4) is 0 Å². The third kappa shape index (κ3) is 5.27. The Bertz CT molecular complexity index is 493. The van der Waals surface area contributed by atoms with Gasteiger partial charge in [0, 0.05) is 20.0 Å². The summed E-state index contributed by atoms with van der Waals surface area (Å²) in [6.07, 6.45) is 2.89. The molecule has 3 amide bonds. The predicted molar refractivity (Wildman–Crippen MR) is 83.7 cm³/mol. The maximum atomic E-state index is 11.9. The standard InChI is InChI=1S/C16H23N3O3/c1-12(20)17-10-11-18-16(21)19-14-8-5-9-15(14)22-13-6-3-2-4-7-13/h2-4,6-7,14-15H,5,8-11H2,1H3,(H,17,20)(H2,18,19,21)/t14-,15+/m0/s1. The Balaban J connectivity index is 1.73. The van der Waals surface area contributed by atoms with E-state index in [0.717, 1.165) is 25.0 Å². The van der Waals surface area contributed by atoms with Crippen LogP contribution in [0.2, 0.25) is 0 Å². The first-order chi connectivity index (χ1) is 10.6. The molecule has 3 N–H and O–H groups in total. The van der Waals surface area contributed by atoms with Crippen LogP contribution in [0.15, 0.2) is 30.3 Å².